The van der Waals surface area contributed by atoms with Gasteiger partial charge in [0.05, 0.1) is 25.0 Å². The summed E-state index contributed by atoms with van der Waals surface area (Å²) in [4.78, 5) is 0. The lowest BCUT2D eigenvalue weighted by Crippen LogP contribution is -2.48. The summed E-state index contributed by atoms with van der Waals surface area (Å²) in [5.41, 5.74) is 0.999. The molecule has 0 radical (unpaired) electrons. The number of rotatable bonds is 2. The minimum Gasteiger partial charge on any atom is -0.370 e. The third-order valence-electron chi connectivity index (χ3n) is 3.13. The van der Waals surface area contributed by atoms with E-state index in [1.807, 2.05) is 31.2 Å². The normalized spacial score (nSPS) is 26.2. The fourth-order valence-electron chi connectivity index (χ4n) is 2.26. The summed E-state index contributed by atoms with van der Waals surface area (Å²) < 4.78 is 31.6. The van der Waals surface area contributed by atoms with Gasteiger partial charge in [0.2, 0.25) is 10.0 Å². The molecule has 2 atom stereocenters. The van der Waals surface area contributed by atoms with Crippen molar-refractivity contribution in [1.82, 2.24) is 4.31 Å². The van der Waals surface area contributed by atoms with Gasteiger partial charge in [-0.2, -0.15) is 4.31 Å². The number of benzene rings is 1. The van der Waals surface area contributed by atoms with E-state index in [9.17, 15) is 8.42 Å². The van der Waals surface area contributed by atoms with Gasteiger partial charge < -0.3 is 4.74 Å². The second-order valence-electron chi connectivity index (χ2n) is 4.46. The number of morpholine rings is 1. The van der Waals surface area contributed by atoms with Crippen LogP contribution >= 0.6 is 15.9 Å². The highest BCUT2D eigenvalue weighted by atomic mass is 79.9. The Morgan fingerprint density at radius 1 is 1.33 bits per heavy atom. The first-order valence-electron chi connectivity index (χ1n) is 5.73. The first-order valence-corrected chi connectivity index (χ1v) is 8.37. The van der Waals surface area contributed by atoms with Gasteiger partial charge in [-0.15, -0.1) is 0 Å². The van der Waals surface area contributed by atoms with E-state index in [0.717, 1.165) is 10.0 Å². The summed E-state index contributed by atoms with van der Waals surface area (Å²) in [6.45, 7) is 2.73. The highest BCUT2D eigenvalue weighted by Crippen LogP contribution is 2.30. The second-order valence-corrected chi connectivity index (χ2v) is 7.31. The van der Waals surface area contributed by atoms with Crippen LogP contribution in [0, 0.1) is 0 Å². The molecule has 0 aliphatic carbocycles. The van der Waals surface area contributed by atoms with Crippen LogP contribution in [0.4, 0.5) is 0 Å². The van der Waals surface area contributed by atoms with Crippen molar-refractivity contribution in [2.45, 2.75) is 19.1 Å². The molecule has 1 saturated heterocycles. The molecule has 1 heterocycles. The number of sulfonamides is 1. The van der Waals surface area contributed by atoms with E-state index in [1.54, 1.807) is 0 Å². The van der Waals surface area contributed by atoms with Crippen LogP contribution in [0.2, 0.25) is 0 Å². The van der Waals surface area contributed by atoms with Gasteiger partial charge in [0.15, 0.2) is 0 Å². The quantitative estimate of drug-likeness (QED) is 0.833. The maximum atomic E-state index is 11.7. The summed E-state index contributed by atoms with van der Waals surface area (Å²) in [5.74, 6) is 0. The standard InChI is InChI=1S/C12H16BrNO3S/c1-9-12(10-3-5-11(13)6-4-10)17-8-7-14(9)18(2,15)16/h3-6,9,12H,7-8H2,1-2H3/t9-,12-/m0/s1. The predicted molar refractivity (Wildman–Crippen MR) is 73.8 cm³/mol. The Morgan fingerprint density at radius 3 is 2.50 bits per heavy atom. The molecule has 0 saturated carbocycles. The van der Waals surface area contributed by atoms with Crippen molar-refractivity contribution in [1.29, 1.82) is 0 Å². The lowest BCUT2D eigenvalue weighted by atomic mass is 10.0. The Balaban J connectivity index is 2.26. The first kappa shape index (κ1) is 14.0. The summed E-state index contributed by atoms with van der Waals surface area (Å²) in [6.07, 6.45) is 1.04. The first-order chi connectivity index (χ1) is 8.39. The molecule has 0 aromatic heterocycles. The summed E-state index contributed by atoms with van der Waals surface area (Å²) in [7, 11) is -3.18. The minimum atomic E-state index is -3.18. The Hall–Kier alpha value is -0.430. The molecule has 0 spiro atoms. The number of ether oxygens (including phenoxy) is 1. The Morgan fingerprint density at radius 2 is 1.94 bits per heavy atom. The van der Waals surface area contributed by atoms with E-state index in [2.05, 4.69) is 15.9 Å². The molecule has 0 amide bonds. The van der Waals surface area contributed by atoms with Gasteiger partial charge >= 0.3 is 0 Å². The number of nitrogens with zero attached hydrogens (tertiary/aromatic N) is 1. The van der Waals surface area contributed by atoms with Gasteiger partial charge in [-0.25, -0.2) is 8.42 Å². The van der Waals surface area contributed by atoms with Crippen molar-refractivity contribution in [3.63, 3.8) is 0 Å². The molecule has 1 aliphatic heterocycles. The molecule has 100 valence electrons. The van der Waals surface area contributed by atoms with Crippen LogP contribution in [-0.4, -0.2) is 38.2 Å². The van der Waals surface area contributed by atoms with E-state index in [1.165, 1.54) is 10.6 Å². The number of hydrogen-bond acceptors (Lipinski definition) is 3. The van der Waals surface area contributed by atoms with Crippen LogP contribution in [0.5, 0.6) is 0 Å². The molecule has 0 N–H and O–H groups in total. The van der Waals surface area contributed by atoms with Gasteiger partial charge in [-0.1, -0.05) is 28.1 Å². The molecule has 6 heteroatoms. The highest BCUT2D eigenvalue weighted by Gasteiger charge is 2.34. The van der Waals surface area contributed by atoms with Crippen molar-refractivity contribution in [2.24, 2.45) is 0 Å². The Labute approximate surface area is 116 Å². The Kier molecular flexibility index (Phi) is 4.11. The predicted octanol–water partition coefficient (Wildman–Crippen LogP) is 2.17. The fraction of sp³-hybridized carbons (Fsp3) is 0.500. The van der Waals surface area contributed by atoms with E-state index in [0.29, 0.717) is 13.2 Å². The van der Waals surface area contributed by atoms with Gasteiger partial charge in [0, 0.05) is 11.0 Å². The summed E-state index contributed by atoms with van der Waals surface area (Å²) >= 11 is 3.38. The van der Waals surface area contributed by atoms with E-state index < -0.39 is 10.0 Å². The van der Waals surface area contributed by atoms with E-state index in [4.69, 9.17) is 4.74 Å². The minimum absolute atomic E-state index is 0.185. The molecule has 1 aromatic carbocycles. The van der Waals surface area contributed by atoms with Gasteiger partial charge in [0.1, 0.15) is 0 Å². The zero-order valence-electron chi connectivity index (χ0n) is 10.3. The van der Waals surface area contributed by atoms with Crippen molar-refractivity contribution in [2.75, 3.05) is 19.4 Å². The number of hydrogen-bond donors (Lipinski definition) is 0. The molecule has 1 aromatic rings. The second kappa shape index (κ2) is 5.28. The van der Waals surface area contributed by atoms with Gasteiger partial charge in [-0.3, -0.25) is 0 Å². The SMILES string of the molecule is C[C@H]1[C@@H](c2ccc(Br)cc2)OCCN1S(C)(=O)=O. The van der Waals surface area contributed by atoms with Crippen LogP contribution in [0.25, 0.3) is 0 Å². The maximum absolute atomic E-state index is 11.7. The molecular formula is C12H16BrNO3S. The zero-order chi connectivity index (χ0) is 13.3. The highest BCUT2D eigenvalue weighted by molar-refractivity contribution is 9.10. The molecule has 2 rings (SSSR count). The van der Waals surface area contributed by atoms with Gasteiger partial charge in [-0.05, 0) is 24.6 Å². The van der Waals surface area contributed by atoms with Crippen LogP contribution in [0.15, 0.2) is 28.7 Å². The molecule has 0 unspecified atom stereocenters. The lowest BCUT2D eigenvalue weighted by Gasteiger charge is -2.37. The summed E-state index contributed by atoms with van der Waals surface area (Å²) in [6, 6.07) is 7.60. The van der Waals surface area contributed by atoms with Crippen molar-refractivity contribution >= 4 is 26.0 Å². The molecule has 4 nitrogen and oxygen atoms in total. The lowest BCUT2D eigenvalue weighted by molar-refractivity contribution is -0.0359. The average Bonchev–Trinajstić information content (AvgIpc) is 2.29. The molecule has 1 fully saturated rings. The monoisotopic (exact) mass is 333 g/mol. The Bertz CT molecular complexity index is 515. The average molecular weight is 334 g/mol. The van der Waals surface area contributed by atoms with Gasteiger partial charge in [0.25, 0.3) is 0 Å². The maximum Gasteiger partial charge on any atom is 0.211 e. The number of halogens is 1. The van der Waals surface area contributed by atoms with Crippen LogP contribution < -0.4 is 0 Å². The van der Waals surface area contributed by atoms with E-state index in [-0.39, 0.29) is 12.1 Å². The van der Waals surface area contributed by atoms with Crippen molar-refractivity contribution in [3.05, 3.63) is 34.3 Å². The van der Waals surface area contributed by atoms with Crippen LogP contribution in [0.3, 0.4) is 0 Å². The zero-order valence-corrected chi connectivity index (χ0v) is 12.7. The summed E-state index contributed by atoms with van der Waals surface area (Å²) in [5, 5.41) is 0. The smallest absolute Gasteiger partial charge is 0.211 e. The van der Waals surface area contributed by atoms with E-state index >= 15 is 0 Å². The molecule has 0 bridgehead atoms. The fourth-order valence-corrected chi connectivity index (χ4v) is 3.64. The molecular weight excluding hydrogens is 318 g/mol. The topological polar surface area (TPSA) is 46.6 Å². The van der Waals surface area contributed by atoms with Crippen molar-refractivity contribution < 1.29 is 13.2 Å². The largest absolute Gasteiger partial charge is 0.370 e. The molecule has 18 heavy (non-hydrogen) atoms. The third-order valence-corrected chi connectivity index (χ3v) is 5.02. The van der Waals surface area contributed by atoms with Crippen molar-refractivity contribution in [3.8, 4) is 0 Å². The van der Waals surface area contributed by atoms with Crippen LogP contribution in [0.1, 0.15) is 18.6 Å². The third kappa shape index (κ3) is 2.93. The van der Waals surface area contributed by atoms with Crippen LogP contribution in [-0.2, 0) is 14.8 Å². The molecule has 1 aliphatic rings.